The van der Waals surface area contributed by atoms with Gasteiger partial charge in [-0.25, -0.2) is 4.98 Å². The van der Waals surface area contributed by atoms with Crippen LogP contribution in [0.15, 0.2) is 49.2 Å². The minimum atomic E-state index is -0.385. The van der Waals surface area contributed by atoms with Crippen LogP contribution in [0, 0.1) is 0 Å². The van der Waals surface area contributed by atoms with Gasteiger partial charge in [-0.3, -0.25) is 4.79 Å². The summed E-state index contributed by atoms with van der Waals surface area (Å²) in [6, 6.07) is 9.22. The van der Waals surface area contributed by atoms with Gasteiger partial charge in [0.15, 0.2) is 11.5 Å². The van der Waals surface area contributed by atoms with Crippen LogP contribution in [0.3, 0.4) is 0 Å². The van der Waals surface area contributed by atoms with Gasteiger partial charge in [0.1, 0.15) is 5.82 Å². The number of benzene rings is 2. The average molecular weight is 565 g/mol. The average Bonchev–Trinajstić information content (AvgIpc) is 2.69. The van der Waals surface area contributed by atoms with E-state index in [2.05, 4.69) is 37.0 Å². The maximum absolute atomic E-state index is 13.3. The molecule has 0 saturated heterocycles. The Hall–Kier alpha value is -2.19. The third kappa shape index (κ3) is 5.41. The van der Waals surface area contributed by atoms with E-state index in [1.54, 1.807) is 12.3 Å². The van der Waals surface area contributed by atoms with E-state index in [4.69, 9.17) is 14.5 Å². The number of aromatic nitrogens is 2. The zero-order valence-electron chi connectivity index (χ0n) is 19.1. The number of nitrogens with zero attached hydrogens (tertiary/aromatic N) is 3. The molecule has 1 aromatic heterocycles. The fourth-order valence-electron chi connectivity index (χ4n) is 3.14. The zero-order valence-corrected chi connectivity index (χ0v) is 22.2. The third-order valence-electron chi connectivity index (χ3n) is 4.49. The molecule has 0 saturated carbocycles. The molecule has 0 amide bonds. The van der Waals surface area contributed by atoms with E-state index in [1.165, 1.54) is 4.68 Å². The van der Waals surface area contributed by atoms with Gasteiger partial charge in [-0.1, -0.05) is 36.7 Å². The number of hydrogen-bond donors (Lipinski definition) is 0. The lowest BCUT2D eigenvalue weighted by Gasteiger charge is -2.21. The van der Waals surface area contributed by atoms with Crippen molar-refractivity contribution in [3.63, 3.8) is 0 Å². The smallest absolute Gasteiger partial charge is 0.282 e. The molecule has 3 rings (SSSR count). The second-order valence-electron chi connectivity index (χ2n) is 8.64. The highest BCUT2D eigenvalue weighted by Crippen LogP contribution is 2.37. The van der Waals surface area contributed by atoms with E-state index in [1.807, 2.05) is 65.8 Å². The monoisotopic (exact) mass is 563 g/mol. The molecule has 6 nitrogen and oxygen atoms in total. The van der Waals surface area contributed by atoms with Gasteiger partial charge in [0.05, 0.1) is 34.3 Å². The van der Waals surface area contributed by atoms with Crippen molar-refractivity contribution in [2.24, 2.45) is 5.10 Å². The maximum Gasteiger partial charge on any atom is 0.282 e. The molecule has 0 aliphatic rings. The number of rotatable bonds is 6. The van der Waals surface area contributed by atoms with Crippen molar-refractivity contribution < 1.29 is 9.47 Å². The van der Waals surface area contributed by atoms with Crippen LogP contribution in [0.4, 0.5) is 0 Å². The van der Waals surface area contributed by atoms with E-state index >= 15 is 0 Å². The molecular weight excluding hydrogens is 538 g/mol. The molecule has 2 aromatic carbocycles. The van der Waals surface area contributed by atoms with Gasteiger partial charge in [0, 0.05) is 9.89 Å². The van der Waals surface area contributed by atoms with Crippen LogP contribution in [0.25, 0.3) is 10.9 Å². The van der Waals surface area contributed by atoms with Crippen LogP contribution >= 0.6 is 31.9 Å². The van der Waals surface area contributed by atoms with Gasteiger partial charge < -0.3 is 9.47 Å². The molecule has 0 fully saturated rings. The van der Waals surface area contributed by atoms with Crippen molar-refractivity contribution >= 4 is 49.0 Å². The zero-order chi connectivity index (χ0) is 23.6. The quantitative estimate of drug-likeness (QED) is 0.330. The Morgan fingerprint density at radius 2 is 1.91 bits per heavy atom. The van der Waals surface area contributed by atoms with Gasteiger partial charge in [-0.15, -0.1) is 0 Å². The first-order valence-corrected chi connectivity index (χ1v) is 12.0. The van der Waals surface area contributed by atoms with Crippen molar-refractivity contribution in [2.45, 2.75) is 53.1 Å². The van der Waals surface area contributed by atoms with Gasteiger partial charge in [-0.2, -0.15) is 9.78 Å². The van der Waals surface area contributed by atoms with Crippen LogP contribution in [0.1, 0.15) is 52.9 Å². The number of ether oxygens (including phenoxy) is 2. The van der Waals surface area contributed by atoms with Crippen molar-refractivity contribution in [3.8, 4) is 11.5 Å². The second-order valence-corrected chi connectivity index (χ2v) is 10.4. The van der Waals surface area contributed by atoms with E-state index < -0.39 is 0 Å². The van der Waals surface area contributed by atoms with Gasteiger partial charge in [0.2, 0.25) is 0 Å². The lowest BCUT2D eigenvalue weighted by molar-refractivity contribution is 0.222. The minimum Gasteiger partial charge on any atom is -0.490 e. The van der Waals surface area contributed by atoms with Crippen LogP contribution < -0.4 is 15.0 Å². The standard InChI is InChI=1S/C24H27Br2N3O3/c1-7-31-20-11-15(10-18(26)21(20)32-14(2)3)13-27-29-22(30)17-12-16(25)8-9-19(17)28-23(29)24(4,5)6/h8-14H,7H2,1-6H3. The van der Waals surface area contributed by atoms with E-state index in [0.717, 1.165) is 14.5 Å². The van der Waals surface area contributed by atoms with Crippen molar-refractivity contribution in [1.29, 1.82) is 0 Å². The Kier molecular flexibility index (Phi) is 7.45. The summed E-state index contributed by atoms with van der Waals surface area (Å²) in [6.07, 6.45) is 1.63. The van der Waals surface area contributed by atoms with E-state index in [9.17, 15) is 4.79 Å². The Bertz CT molecular complexity index is 1230. The maximum atomic E-state index is 13.3. The molecule has 0 unspecified atom stereocenters. The molecule has 8 heteroatoms. The van der Waals surface area contributed by atoms with Crippen molar-refractivity contribution in [1.82, 2.24) is 9.66 Å². The summed E-state index contributed by atoms with van der Waals surface area (Å²) >= 11 is 7.00. The number of halogens is 2. The summed E-state index contributed by atoms with van der Waals surface area (Å²) < 4.78 is 14.6. The molecule has 3 aromatic rings. The summed E-state index contributed by atoms with van der Waals surface area (Å²) in [4.78, 5) is 18.1. The van der Waals surface area contributed by atoms with Gasteiger partial charge >= 0.3 is 0 Å². The highest BCUT2D eigenvalue weighted by atomic mass is 79.9. The molecule has 32 heavy (non-hydrogen) atoms. The summed E-state index contributed by atoms with van der Waals surface area (Å²) in [5, 5.41) is 5.04. The molecule has 0 aliphatic heterocycles. The lowest BCUT2D eigenvalue weighted by atomic mass is 9.95. The summed E-state index contributed by atoms with van der Waals surface area (Å²) in [6.45, 7) is 12.4. The molecule has 0 atom stereocenters. The van der Waals surface area contributed by atoms with E-state index in [-0.39, 0.29) is 17.1 Å². The second kappa shape index (κ2) is 9.75. The fourth-order valence-corrected chi connectivity index (χ4v) is 4.06. The predicted molar refractivity (Wildman–Crippen MR) is 136 cm³/mol. The predicted octanol–water partition coefficient (Wildman–Crippen LogP) is 6.29. The molecule has 0 N–H and O–H groups in total. The van der Waals surface area contributed by atoms with Crippen molar-refractivity contribution in [3.05, 3.63) is 61.0 Å². The first-order valence-electron chi connectivity index (χ1n) is 10.4. The fraction of sp³-hybridized carbons (Fsp3) is 0.375. The normalized spacial score (nSPS) is 12.2. The topological polar surface area (TPSA) is 65.7 Å². The van der Waals surface area contributed by atoms with Crippen LogP contribution in [0.2, 0.25) is 0 Å². The Morgan fingerprint density at radius 1 is 1.19 bits per heavy atom. The molecule has 1 heterocycles. The van der Waals surface area contributed by atoms with Crippen LogP contribution in [-0.4, -0.2) is 28.6 Å². The SMILES string of the molecule is CCOc1cc(C=Nn2c(C(C)(C)C)nc3ccc(Br)cc3c2=O)cc(Br)c1OC(C)C. The minimum absolute atomic E-state index is 0.000872. The number of hydrogen-bond acceptors (Lipinski definition) is 5. The Morgan fingerprint density at radius 3 is 2.53 bits per heavy atom. The van der Waals surface area contributed by atoms with Gasteiger partial charge in [-0.05, 0) is 72.6 Å². The highest BCUT2D eigenvalue weighted by molar-refractivity contribution is 9.10. The molecule has 0 spiro atoms. The van der Waals surface area contributed by atoms with Crippen LogP contribution in [0.5, 0.6) is 11.5 Å². The van der Waals surface area contributed by atoms with Crippen molar-refractivity contribution in [2.75, 3.05) is 6.61 Å². The summed E-state index contributed by atoms with van der Waals surface area (Å²) in [5.74, 6) is 1.84. The molecule has 170 valence electrons. The number of fused-ring (bicyclic) bond motifs is 1. The Labute approximate surface area is 204 Å². The first-order chi connectivity index (χ1) is 15.0. The molecular formula is C24H27Br2N3O3. The molecule has 0 radical (unpaired) electrons. The summed E-state index contributed by atoms with van der Waals surface area (Å²) in [5.41, 5.74) is 0.800. The molecule has 0 aliphatic carbocycles. The largest absolute Gasteiger partial charge is 0.490 e. The Balaban J connectivity index is 2.15. The first kappa shape index (κ1) is 24.5. The summed E-state index contributed by atoms with van der Waals surface area (Å²) in [7, 11) is 0. The molecule has 0 bridgehead atoms. The van der Waals surface area contributed by atoms with Crippen LogP contribution in [-0.2, 0) is 5.41 Å². The van der Waals surface area contributed by atoms with Gasteiger partial charge in [0.25, 0.3) is 5.56 Å². The third-order valence-corrected chi connectivity index (χ3v) is 5.57. The van der Waals surface area contributed by atoms with E-state index in [0.29, 0.717) is 34.8 Å². The highest BCUT2D eigenvalue weighted by Gasteiger charge is 2.23. The lowest BCUT2D eigenvalue weighted by Crippen LogP contribution is -2.29.